The van der Waals surface area contributed by atoms with Crippen LogP contribution < -0.4 is 24.7 Å². The maximum absolute atomic E-state index is 11.3. The number of benzene rings is 2. The predicted octanol–water partition coefficient (Wildman–Crippen LogP) is 6.89. The highest BCUT2D eigenvalue weighted by molar-refractivity contribution is 5.86. The van der Waals surface area contributed by atoms with Gasteiger partial charge < -0.3 is 29.4 Å². The molecule has 0 fully saturated rings. The average Bonchev–Trinajstić information content (AvgIpc) is 3.39. The summed E-state index contributed by atoms with van der Waals surface area (Å²) in [5.41, 5.74) is 9.21. The van der Waals surface area contributed by atoms with Gasteiger partial charge in [0.25, 0.3) is 0 Å². The molecule has 2 N–H and O–H groups in total. The Balaban J connectivity index is 1.29. The van der Waals surface area contributed by atoms with E-state index in [2.05, 4.69) is 6.58 Å². The first kappa shape index (κ1) is 29.0. The first-order valence-electron chi connectivity index (χ1n) is 13.5. The van der Waals surface area contributed by atoms with Gasteiger partial charge in [0.1, 0.15) is 0 Å². The van der Waals surface area contributed by atoms with Crippen molar-refractivity contribution in [1.82, 2.24) is 0 Å². The van der Waals surface area contributed by atoms with Crippen molar-refractivity contribution in [3.63, 3.8) is 0 Å². The minimum Gasteiger partial charge on any atom is -0.493 e. The molecular weight excluding hydrogens is 482 g/mol. The summed E-state index contributed by atoms with van der Waals surface area (Å²) < 4.78 is 27.5. The van der Waals surface area contributed by atoms with Gasteiger partial charge >= 0.3 is 5.97 Å². The zero-order valence-electron chi connectivity index (χ0n) is 22.8. The molecule has 3 rings (SSSR count). The molecule has 1 aliphatic heterocycles. The molecule has 0 spiro atoms. The fourth-order valence-electron chi connectivity index (χ4n) is 4.14. The highest BCUT2D eigenvalue weighted by atomic mass is 16.7. The van der Waals surface area contributed by atoms with Crippen molar-refractivity contribution in [2.45, 2.75) is 64.7 Å². The molecule has 0 amide bonds. The summed E-state index contributed by atoms with van der Waals surface area (Å²) in [5, 5.41) is 0. The quantitative estimate of drug-likeness (QED) is 0.104. The Morgan fingerprint density at radius 1 is 0.895 bits per heavy atom. The first-order chi connectivity index (χ1) is 18.5. The minimum absolute atomic E-state index is 0.236. The maximum atomic E-state index is 11.3. The molecule has 206 valence electrons. The molecule has 0 bridgehead atoms. The SMILES string of the molecule is C=C(C)C(=O)OCCCCCCCCCCCOc1ccc(/C=C(\N)c2ccc3c(c2)OCO3)cc1OC. The lowest BCUT2D eigenvalue weighted by atomic mass is 10.1. The van der Waals surface area contributed by atoms with Crippen molar-refractivity contribution in [1.29, 1.82) is 0 Å². The van der Waals surface area contributed by atoms with Crippen LogP contribution in [0.3, 0.4) is 0 Å². The zero-order valence-corrected chi connectivity index (χ0v) is 22.8. The van der Waals surface area contributed by atoms with E-state index in [1.807, 2.05) is 42.5 Å². The number of methoxy groups -OCH3 is 1. The summed E-state index contributed by atoms with van der Waals surface area (Å²) in [7, 11) is 1.64. The van der Waals surface area contributed by atoms with E-state index in [9.17, 15) is 4.79 Å². The predicted molar refractivity (Wildman–Crippen MR) is 150 cm³/mol. The number of carbonyl (C=O) groups is 1. The van der Waals surface area contributed by atoms with Crippen LogP contribution in [0.4, 0.5) is 0 Å². The third kappa shape index (κ3) is 9.36. The lowest BCUT2D eigenvalue weighted by Crippen LogP contribution is -2.05. The molecule has 2 aromatic rings. The van der Waals surface area contributed by atoms with E-state index >= 15 is 0 Å². The summed E-state index contributed by atoms with van der Waals surface area (Å²) in [6.07, 6.45) is 12.2. The van der Waals surface area contributed by atoms with Gasteiger partial charge in [0.05, 0.1) is 20.3 Å². The van der Waals surface area contributed by atoms with Crippen molar-refractivity contribution in [3.05, 3.63) is 59.7 Å². The molecule has 0 atom stereocenters. The highest BCUT2D eigenvalue weighted by Gasteiger charge is 2.14. The van der Waals surface area contributed by atoms with Gasteiger partial charge in [-0.05, 0) is 61.7 Å². The molecule has 0 saturated carbocycles. The molecule has 0 saturated heterocycles. The number of fused-ring (bicyclic) bond motifs is 1. The van der Waals surface area contributed by atoms with Crippen molar-refractivity contribution in [3.8, 4) is 23.0 Å². The van der Waals surface area contributed by atoms with Crippen molar-refractivity contribution >= 4 is 17.7 Å². The van der Waals surface area contributed by atoms with Crippen molar-refractivity contribution in [2.75, 3.05) is 27.1 Å². The van der Waals surface area contributed by atoms with E-state index in [4.69, 9.17) is 29.4 Å². The number of nitrogens with two attached hydrogens (primary N) is 1. The molecule has 1 aliphatic rings. The van der Waals surface area contributed by atoms with Crippen molar-refractivity contribution < 1.29 is 28.5 Å². The largest absolute Gasteiger partial charge is 0.493 e. The number of hydrogen-bond donors (Lipinski definition) is 1. The minimum atomic E-state index is -0.291. The van der Waals surface area contributed by atoms with Crippen LogP contribution in [0.25, 0.3) is 11.8 Å². The fraction of sp³-hybridized carbons (Fsp3) is 0.452. The molecule has 1 heterocycles. The summed E-state index contributed by atoms with van der Waals surface area (Å²) in [6, 6.07) is 11.5. The standard InChI is InChI=1S/C31H41NO6/c1-23(2)31(33)36-18-12-10-8-6-4-5-7-9-11-17-35-27-15-13-24(20-29(27)34-3)19-26(32)25-14-16-28-30(21-25)38-22-37-28/h13-16,19-21H,1,4-12,17-18,22,32H2,2-3H3/b26-19-. The van der Waals surface area contributed by atoms with Crippen LogP contribution in [0.1, 0.15) is 75.8 Å². The van der Waals surface area contributed by atoms with Gasteiger partial charge in [-0.2, -0.15) is 0 Å². The number of hydrogen-bond acceptors (Lipinski definition) is 7. The second-order valence-corrected chi connectivity index (χ2v) is 9.52. The zero-order chi connectivity index (χ0) is 27.2. The van der Waals surface area contributed by atoms with Gasteiger partial charge in [0.15, 0.2) is 23.0 Å². The van der Waals surface area contributed by atoms with Gasteiger partial charge in [0, 0.05) is 16.8 Å². The fourth-order valence-corrected chi connectivity index (χ4v) is 4.14. The molecule has 38 heavy (non-hydrogen) atoms. The Labute approximate surface area is 226 Å². The van der Waals surface area contributed by atoms with Gasteiger partial charge in [-0.1, -0.05) is 57.6 Å². The van der Waals surface area contributed by atoms with Crippen LogP contribution in [0.2, 0.25) is 0 Å². The van der Waals surface area contributed by atoms with Crippen LogP contribution in [0.5, 0.6) is 23.0 Å². The smallest absolute Gasteiger partial charge is 0.333 e. The number of rotatable bonds is 17. The average molecular weight is 524 g/mol. The van der Waals surface area contributed by atoms with E-state index in [0.29, 0.717) is 36.0 Å². The third-order valence-electron chi connectivity index (χ3n) is 6.34. The Morgan fingerprint density at radius 3 is 2.24 bits per heavy atom. The second-order valence-electron chi connectivity index (χ2n) is 9.52. The van der Waals surface area contributed by atoms with Crippen LogP contribution in [-0.4, -0.2) is 33.1 Å². The molecule has 0 aliphatic carbocycles. The Morgan fingerprint density at radius 2 is 1.55 bits per heavy atom. The molecule has 0 unspecified atom stereocenters. The van der Waals surface area contributed by atoms with Crippen LogP contribution in [0, 0.1) is 0 Å². The Hall–Kier alpha value is -3.61. The molecule has 0 aromatic heterocycles. The summed E-state index contributed by atoms with van der Waals surface area (Å²) >= 11 is 0. The van der Waals surface area contributed by atoms with E-state index in [1.54, 1.807) is 14.0 Å². The Bertz CT molecular complexity index is 1090. The van der Waals surface area contributed by atoms with Gasteiger partial charge in [-0.15, -0.1) is 0 Å². The van der Waals surface area contributed by atoms with Crippen molar-refractivity contribution in [2.24, 2.45) is 5.73 Å². The van der Waals surface area contributed by atoms with Gasteiger partial charge in [-0.3, -0.25) is 0 Å². The highest BCUT2D eigenvalue weighted by Crippen LogP contribution is 2.34. The van der Waals surface area contributed by atoms with E-state index < -0.39 is 0 Å². The summed E-state index contributed by atoms with van der Waals surface area (Å²) in [6.45, 7) is 6.64. The Kier molecular flexibility index (Phi) is 11.9. The monoisotopic (exact) mass is 523 g/mol. The lowest BCUT2D eigenvalue weighted by molar-refractivity contribution is -0.139. The normalized spacial score (nSPS) is 12.3. The van der Waals surface area contributed by atoms with E-state index in [-0.39, 0.29) is 12.8 Å². The molecular formula is C31H41NO6. The van der Waals surface area contributed by atoms with E-state index in [1.165, 1.54) is 32.1 Å². The lowest BCUT2D eigenvalue weighted by Gasteiger charge is -2.12. The van der Waals surface area contributed by atoms with Crippen LogP contribution in [0.15, 0.2) is 48.6 Å². The number of ether oxygens (including phenoxy) is 5. The second kappa shape index (κ2) is 15.6. The van der Waals surface area contributed by atoms with E-state index in [0.717, 1.165) is 48.3 Å². The third-order valence-corrected chi connectivity index (χ3v) is 6.34. The van der Waals surface area contributed by atoms with Gasteiger partial charge in [0.2, 0.25) is 6.79 Å². The van der Waals surface area contributed by atoms with Gasteiger partial charge in [-0.25, -0.2) is 4.79 Å². The first-order valence-corrected chi connectivity index (χ1v) is 13.5. The van der Waals surface area contributed by atoms with Crippen LogP contribution in [-0.2, 0) is 9.53 Å². The number of esters is 1. The number of carbonyl (C=O) groups excluding carboxylic acids is 1. The maximum Gasteiger partial charge on any atom is 0.333 e. The number of unbranched alkanes of at least 4 members (excludes halogenated alkanes) is 8. The molecule has 7 nitrogen and oxygen atoms in total. The van der Waals surface area contributed by atoms with Crippen LogP contribution >= 0.6 is 0 Å². The molecule has 0 radical (unpaired) electrons. The summed E-state index contributed by atoms with van der Waals surface area (Å²) in [4.78, 5) is 11.3. The summed E-state index contributed by atoms with van der Waals surface area (Å²) in [5.74, 6) is 2.57. The topological polar surface area (TPSA) is 89.2 Å². The molecule has 7 heteroatoms. The molecule has 2 aromatic carbocycles.